The van der Waals surface area contributed by atoms with E-state index in [0.717, 1.165) is 0 Å². The molecular weight excluding hydrogens is 429 g/mol. The zero-order chi connectivity index (χ0) is 17.5. The number of fused-ring (bicyclic) bond motifs is 3. The van der Waals surface area contributed by atoms with E-state index in [4.69, 9.17) is 0 Å². The quantitative estimate of drug-likeness (QED) is 0.257. The number of aromatic nitrogens is 1. The molecule has 0 saturated heterocycles. The molecule has 5 rings (SSSR count). The molecule has 0 aliphatic rings. The van der Waals surface area contributed by atoms with Crippen molar-refractivity contribution in [1.82, 2.24) is 4.57 Å². The number of halogens is 1. The van der Waals surface area contributed by atoms with Gasteiger partial charge in [0.1, 0.15) is 0 Å². The van der Waals surface area contributed by atoms with E-state index in [2.05, 4.69) is 124 Å². The average molecular weight is 445 g/mol. The molecule has 26 heavy (non-hydrogen) atoms. The number of hydrogen-bond donors (Lipinski definition) is 0. The molecule has 1 aromatic heterocycles. The summed E-state index contributed by atoms with van der Waals surface area (Å²) in [7, 11) is 0. The van der Waals surface area contributed by atoms with Gasteiger partial charge in [0.05, 0.1) is 16.7 Å². The van der Waals surface area contributed by atoms with Crippen molar-refractivity contribution in [2.24, 2.45) is 0 Å². The standard InChI is InChI=1S/C24H16IN/c25-18-14-15-24-21(16-18)20-11-5-7-13-23(20)26(24)22-12-6-4-10-19(22)17-8-2-1-3-9-17/h1-16H. The van der Waals surface area contributed by atoms with E-state index in [9.17, 15) is 0 Å². The van der Waals surface area contributed by atoms with Gasteiger partial charge in [0.15, 0.2) is 0 Å². The normalized spacial score (nSPS) is 11.3. The van der Waals surface area contributed by atoms with Crippen molar-refractivity contribution in [2.75, 3.05) is 0 Å². The number of benzene rings is 4. The third-order valence-electron chi connectivity index (χ3n) is 4.86. The van der Waals surface area contributed by atoms with Gasteiger partial charge in [-0.1, -0.05) is 66.7 Å². The monoisotopic (exact) mass is 445 g/mol. The molecule has 5 aromatic rings. The Balaban J connectivity index is 1.92. The molecule has 1 heterocycles. The highest BCUT2D eigenvalue weighted by molar-refractivity contribution is 14.1. The molecule has 0 aliphatic heterocycles. The van der Waals surface area contributed by atoms with Gasteiger partial charge in [-0.05, 0) is 58.5 Å². The maximum absolute atomic E-state index is 2.39. The van der Waals surface area contributed by atoms with Gasteiger partial charge in [0.25, 0.3) is 0 Å². The van der Waals surface area contributed by atoms with Crippen LogP contribution in [0.1, 0.15) is 0 Å². The molecule has 0 bridgehead atoms. The van der Waals surface area contributed by atoms with Gasteiger partial charge in [0.2, 0.25) is 0 Å². The fourth-order valence-electron chi connectivity index (χ4n) is 3.74. The molecule has 0 unspecified atom stereocenters. The minimum absolute atomic E-state index is 1.21. The third kappa shape index (κ3) is 2.44. The smallest absolute Gasteiger partial charge is 0.0542 e. The van der Waals surface area contributed by atoms with Crippen LogP contribution < -0.4 is 0 Å². The van der Waals surface area contributed by atoms with Crippen LogP contribution in [0.15, 0.2) is 97.1 Å². The summed E-state index contributed by atoms with van der Waals surface area (Å²) in [6.45, 7) is 0. The van der Waals surface area contributed by atoms with Gasteiger partial charge >= 0.3 is 0 Å². The molecule has 0 spiro atoms. The third-order valence-corrected chi connectivity index (χ3v) is 5.54. The van der Waals surface area contributed by atoms with Crippen molar-refractivity contribution in [3.63, 3.8) is 0 Å². The molecule has 0 saturated carbocycles. The van der Waals surface area contributed by atoms with Crippen molar-refractivity contribution in [3.8, 4) is 16.8 Å². The highest BCUT2D eigenvalue weighted by Gasteiger charge is 2.15. The van der Waals surface area contributed by atoms with Crippen molar-refractivity contribution in [2.45, 2.75) is 0 Å². The van der Waals surface area contributed by atoms with Crippen molar-refractivity contribution < 1.29 is 0 Å². The van der Waals surface area contributed by atoms with Gasteiger partial charge in [-0.3, -0.25) is 0 Å². The van der Waals surface area contributed by atoms with Crippen LogP contribution in [0.4, 0.5) is 0 Å². The molecular formula is C24H16IN. The van der Waals surface area contributed by atoms with Crippen LogP contribution in [-0.2, 0) is 0 Å². The Morgan fingerprint density at radius 3 is 2.15 bits per heavy atom. The maximum Gasteiger partial charge on any atom is 0.0542 e. The molecule has 4 aromatic carbocycles. The molecule has 0 radical (unpaired) electrons. The van der Waals surface area contributed by atoms with E-state index in [0.29, 0.717) is 0 Å². The Labute approximate surface area is 166 Å². The highest BCUT2D eigenvalue weighted by atomic mass is 127. The number of para-hydroxylation sites is 2. The van der Waals surface area contributed by atoms with Crippen molar-refractivity contribution in [3.05, 3.63) is 101 Å². The van der Waals surface area contributed by atoms with Gasteiger partial charge < -0.3 is 4.57 Å². The Morgan fingerprint density at radius 2 is 1.27 bits per heavy atom. The molecule has 0 amide bonds. The summed E-state index contributed by atoms with van der Waals surface area (Å²) in [5.41, 5.74) is 6.18. The lowest BCUT2D eigenvalue weighted by Crippen LogP contribution is -1.96. The summed E-state index contributed by atoms with van der Waals surface area (Å²) in [4.78, 5) is 0. The lowest BCUT2D eigenvalue weighted by molar-refractivity contribution is 1.18. The second kappa shape index (κ2) is 6.29. The zero-order valence-electron chi connectivity index (χ0n) is 14.1. The molecule has 0 fully saturated rings. The highest BCUT2D eigenvalue weighted by Crippen LogP contribution is 2.36. The summed E-state index contributed by atoms with van der Waals surface area (Å²) >= 11 is 2.39. The molecule has 124 valence electrons. The first-order chi connectivity index (χ1) is 12.8. The van der Waals surface area contributed by atoms with Crippen LogP contribution in [0.3, 0.4) is 0 Å². The van der Waals surface area contributed by atoms with Crippen LogP contribution in [0, 0.1) is 3.57 Å². The predicted octanol–water partition coefficient (Wildman–Crippen LogP) is 7.06. The first kappa shape index (κ1) is 15.6. The molecule has 0 N–H and O–H groups in total. The summed E-state index contributed by atoms with van der Waals surface area (Å²) < 4.78 is 3.65. The first-order valence-corrected chi connectivity index (χ1v) is 9.74. The largest absolute Gasteiger partial charge is 0.309 e. The average Bonchev–Trinajstić information content (AvgIpc) is 3.02. The Bertz CT molecular complexity index is 1240. The van der Waals surface area contributed by atoms with E-state index in [1.807, 2.05) is 0 Å². The van der Waals surface area contributed by atoms with Gasteiger partial charge in [-0.25, -0.2) is 0 Å². The van der Waals surface area contributed by atoms with E-state index in [1.165, 1.54) is 42.2 Å². The number of rotatable bonds is 2. The van der Waals surface area contributed by atoms with Crippen molar-refractivity contribution in [1.29, 1.82) is 0 Å². The van der Waals surface area contributed by atoms with Gasteiger partial charge in [0, 0.05) is 19.9 Å². The minimum Gasteiger partial charge on any atom is -0.309 e. The molecule has 1 nitrogen and oxygen atoms in total. The van der Waals surface area contributed by atoms with Gasteiger partial charge in [-0.15, -0.1) is 0 Å². The lowest BCUT2D eigenvalue weighted by Gasteiger charge is -2.14. The van der Waals surface area contributed by atoms with Crippen LogP contribution in [0.5, 0.6) is 0 Å². The second-order valence-corrected chi connectivity index (χ2v) is 7.64. The number of hydrogen-bond acceptors (Lipinski definition) is 0. The summed E-state index contributed by atoms with van der Waals surface area (Å²) in [5.74, 6) is 0. The fraction of sp³-hybridized carbons (Fsp3) is 0. The summed E-state index contributed by atoms with van der Waals surface area (Å²) in [5, 5.41) is 2.60. The van der Waals surface area contributed by atoms with E-state index in [-0.39, 0.29) is 0 Å². The molecule has 0 aliphatic carbocycles. The van der Waals surface area contributed by atoms with Crippen LogP contribution in [-0.4, -0.2) is 4.57 Å². The SMILES string of the molecule is Ic1ccc2c(c1)c1ccccc1n2-c1ccccc1-c1ccccc1. The second-order valence-electron chi connectivity index (χ2n) is 6.40. The number of nitrogens with zero attached hydrogens (tertiary/aromatic N) is 1. The van der Waals surface area contributed by atoms with E-state index >= 15 is 0 Å². The van der Waals surface area contributed by atoms with Crippen molar-refractivity contribution >= 4 is 44.4 Å². The minimum atomic E-state index is 1.21. The van der Waals surface area contributed by atoms with E-state index < -0.39 is 0 Å². The molecule has 2 heteroatoms. The first-order valence-electron chi connectivity index (χ1n) is 8.66. The Morgan fingerprint density at radius 1 is 0.577 bits per heavy atom. The summed E-state index contributed by atoms with van der Waals surface area (Å²) in [6, 6.07) is 34.6. The van der Waals surface area contributed by atoms with E-state index in [1.54, 1.807) is 0 Å². The van der Waals surface area contributed by atoms with Crippen LogP contribution in [0.2, 0.25) is 0 Å². The van der Waals surface area contributed by atoms with Crippen LogP contribution >= 0.6 is 22.6 Å². The van der Waals surface area contributed by atoms with Crippen LogP contribution in [0.25, 0.3) is 38.6 Å². The Hall–Kier alpha value is -2.59. The fourth-order valence-corrected chi connectivity index (χ4v) is 4.23. The Kier molecular flexibility index (Phi) is 3.79. The van der Waals surface area contributed by atoms with Gasteiger partial charge in [-0.2, -0.15) is 0 Å². The molecule has 0 atom stereocenters. The summed E-state index contributed by atoms with van der Waals surface area (Å²) in [6.07, 6.45) is 0. The maximum atomic E-state index is 2.39. The predicted molar refractivity (Wildman–Crippen MR) is 119 cm³/mol. The zero-order valence-corrected chi connectivity index (χ0v) is 16.2. The lowest BCUT2D eigenvalue weighted by atomic mass is 10.0. The topological polar surface area (TPSA) is 4.93 Å².